The Morgan fingerprint density at radius 1 is 1.24 bits per heavy atom. The van der Waals surface area contributed by atoms with E-state index in [1.165, 1.54) is 13.0 Å². The van der Waals surface area contributed by atoms with Crippen molar-refractivity contribution in [1.29, 1.82) is 0 Å². The second-order valence-corrected chi connectivity index (χ2v) is 5.12. The lowest BCUT2D eigenvalue weighted by atomic mass is 10.1. The highest BCUT2D eigenvalue weighted by Crippen LogP contribution is 2.22. The molecule has 0 unspecified atom stereocenters. The molecule has 1 amide bonds. The maximum Gasteiger partial charge on any atom is 0.236 e. The van der Waals surface area contributed by atoms with Crippen LogP contribution < -0.4 is 10.2 Å². The number of benzene rings is 1. The Bertz CT molecular complexity index is 540. The number of nitrogens with zero attached hydrogens (tertiary/aromatic N) is 2. The predicted octanol–water partition coefficient (Wildman–Crippen LogP) is 0.896. The average Bonchev–Trinajstić information content (AvgIpc) is 2.47. The second kappa shape index (κ2) is 6.67. The van der Waals surface area contributed by atoms with Gasteiger partial charge in [0.2, 0.25) is 5.91 Å². The van der Waals surface area contributed by atoms with E-state index < -0.39 is 5.82 Å². The van der Waals surface area contributed by atoms with E-state index in [0.717, 1.165) is 0 Å². The minimum absolute atomic E-state index is 0.0598. The largest absolute Gasteiger partial charge is 0.366 e. The van der Waals surface area contributed by atoms with Gasteiger partial charge >= 0.3 is 0 Å². The van der Waals surface area contributed by atoms with Gasteiger partial charge in [0.05, 0.1) is 12.2 Å². The molecule has 1 aromatic rings. The molecule has 1 fully saturated rings. The Balaban J connectivity index is 2.02. The number of amides is 1. The van der Waals surface area contributed by atoms with Crippen molar-refractivity contribution in [2.24, 2.45) is 0 Å². The number of Topliss-reactive ketones (excluding diaryl/α,β-unsaturated/α-hetero) is 1. The van der Waals surface area contributed by atoms with Gasteiger partial charge in [-0.15, -0.1) is 0 Å². The van der Waals surface area contributed by atoms with Crippen LogP contribution >= 0.6 is 0 Å². The summed E-state index contributed by atoms with van der Waals surface area (Å²) < 4.78 is 14.1. The average molecular weight is 293 g/mol. The number of likely N-dealkylation sites (N-methyl/N-ethyl adjacent to an activating group) is 1. The molecule has 2 rings (SSSR count). The second-order valence-electron chi connectivity index (χ2n) is 5.12. The molecule has 1 aliphatic rings. The summed E-state index contributed by atoms with van der Waals surface area (Å²) in [5.41, 5.74) is 0.861. The maximum absolute atomic E-state index is 14.1. The first-order valence-corrected chi connectivity index (χ1v) is 7.00. The molecule has 1 aromatic carbocycles. The molecular formula is C15H20FN3O2. The molecule has 1 saturated heterocycles. The molecule has 0 aliphatic carbocycles. The van der Waals surface area contributed by atoms with Crippen LogP contribution in [0.1, 0.15) is 17.3 Å². The topological polar surface area (TPSA) is 52.7 Å². The van der Waals surface area contributed by atoms with Crippen LogP contribution in [0.4, 0.5) is 10.1 Å². The van der Waals surface area contributed by atoms with Crippen molar-refractivity contribution in [3.05, 3.63) is 29.6 Å². The Morgan fingerprint density at radius 3 is 2.43 bits per heavy atom. The van der Waals surface area contributed by atoms with Gasteiger partial charge in [-0.2, -0.15) is 0 Å². The summed E-state index contributed by atoms with van der Waals surface area (Å²) in [6.07, 6.45) is 0. The lowest BCUT2D eigenvalue weighted by molar-refractivity contribution is -0.130. The van der Waals surface area contributed by atoms with Crippen molar-refractivity contribution in [1.82, 2.24) is 10.2 Å². The van der Waals surface area contributed by atoms with Gasteiger partial charge in [0.1, 0.15) is 5.82 Å². The van der Waals surface area contributed by atoms with Gasteiger partial charge in [-0.3, -0.25) is 9.59 Å². The first-order valence-electron chi connectivity index (χ1n) is 7.00. The van der Waals surface area contributed by atoms with Crippen molar-refractivity contribution in [3.63, 3.8) is 0 Å². The number of rotatable bonds is 4. The van der Waals surface area contributed by atoms with E-state index in [1.807, 2.05) is 4.90 Å². The van der Waals surface area contributed by atoms with Crippen LogP contribution in [-0.2, 0) is 4.79 Å². The monoisotopic (exact) mass is 293 g/mol. The van der Waals surface area contributed by atoms with Crippen LogP contribution in [0.25, 0.3) is 0 Å². The summed E-state index contributed by atoms with van der Waals surface area (Å²) in [4.78, 5) is 26.7. The van der Waals surface area contributed by atoms with Crippen molar-refractivity contribution in [2.75, 3.05) is 44.7 Å². The Kier molecular flexibility index (Phi) is 4.90. The van der Waals surface area contributed by atoms with E-state index in [0.29, 0.717) is 44.0 Å². The van der Waals surface area contributed by atoms with Crippen LogP contribution in [-0.4, -0.2) is 56.4 Å². The maximum atomic E-state index is 14.1. The fraction of sp³-hybridized carbons (Fsp3) is 0.467. The van der Waals surface area contributed by atoms with E-state index in [4.69, 9.17) is 0 Å². The molecule has 1 heterocycles. The molecule has 6 heteroatoms. The zero-order valence-electron chi connectivity index (χ0n) is 12.4. The van der Waals surface area contributed by atoms with Crippen LogP contribution in [0.15, 0.2) is 18.2 Å². The van der Waals surface area contributed by atoms with Crippen LogP contribution in [0.2, 0.25) is 0 Å². The summed E-state index contributed by atoms with van der Waals surface area (Å²) in [5, 5.41) is 2.84. The van der Waals surface area contributed by atoms with Crippen LogP contribution in [0.5, 0.6) is 0 Å². The first-order chi connectivity index (χ1) is 10.0. The molecule has 0 spiro atoms. The zero-order valence-corrected chi connectivity index (χ0v) is 12.4. The van der Waals surface area contributed by atoms with Crippen molar-refractivity contribution < 1.29 is 14.0 Å². The molecule has 1 N–H and O–H groups in total. The van der Waals surface area contributed by atoms with Gasteiger partial charge in [0, 0.05) is 31.7 Å². The van der Waals surface area contributed by atoms with Crippen molar-refractivity contribution in [2.45, 2.75) is 6.92 Å². The molecular weight excluding hydrogens is 273 g/mol. The number of carbonyl (C=O) groups is 2. The summed E-state index contributed by atoms with van der Waals surface area (Å²) in [5.74, 6) is -0.481. The van der Waals surface area contributed by atoms with Gasteiger partial charge < -0.3 is 15.1 Å². The quantitative estimate of drug-likeness (QED) is 0.838. The summed E-state index contributed by atoms with van der Waals surface area (Å²) in [7, 11) is 1.74. The Hall–Kier alpha value is -1.95. The smallest absolute Gasteiger partial charge is 0.236 e. The van der Waals surface area contributed by atoms with Gasteiger partial charge in [-0.05, 0) is 32.2 Å². The molecule has 0 radical (unpaired) electrons. The molecule has 5 nitrogen and oxygen atoms in total. The minimum atomic E-state index is -0.391. The molecule has 114 valence electrons. The molecule has 1 aliphatic heterocycles. The van der Waals surface area contributed by atoms with E-state index in [2.05, 4.69) is 5.32 Å². The number of piperazine rings is 1. The van der Waals surface area contributed by atoms with Gasteiger partial charge in [-0.1, -0.05) is 0 Å². The zero-order chi connectivity index (χ0) is 15.4. The standard InChI is InChI=1S/C15H20FN3O2/c1-11(20)12-3-4-14(13(16)9-12)18-5-7-19(8-6-18)15(21)10-17-2/h3-4,9,17H,5-8,10H2,1-2H3. The molecule has 0 saturated carbocycles. The number of hydrogen-bond donors (Lipinski definition) is 1. The van der Waals surface area contributed by atoms with Gasteiger partial charge in [0.25, 0.3) is 0 Å². The number of ketones is 1. The fourth-order valence-corrected chi connectivity index (χ4v) is 2.44. The Labute approximate surface area is 123 Å². The number of carbonyl (C=O) groups excluding carboxylic acids is 2. The Morgan fingerprint density at radius 2 is 1.90 bits per heavy atom. The lowest BCUT2D eigenvalue weighted by Gasteiger charge is -2.36. The molecule has 21 heavy (non-hydrogen) atoms. The van der Waals surface area contributed by atoms with Gasteiger partial charge in [0.15, 0.2) is 5.78 Å². The van der Waals surface area contributed by atoms with E-state index in [-0.39, 0.29) is 11.7 Å². The fourth-order valence-electron chi connectivity index (χ4n) is 2.44. The van der Waals surface area contributed by atoms with Crippen LogP contribution in [0.3, 0.4) is 0 Å². The van der Waals surface area contributed by atoms with Crippen molar-refractivity contribution >= 4 is 17.4 Å². The van der Waals surface area contributed by atoms with E-state index in [9.17, 15) is 14.0 Å². The highest BCUT2D eigenvalue weighted by molar-refractivity contribution is 5.94. The number of nitrogens with one attached hydrogen (secondary N) is 1. The third kappa shape index (κ3) is 3.58. The number of halogens is 1. The predicted molar refractivity (Wildman–Crippen MR) is 79.1 cm³/mol. The molecule has 0 atom stereocenters. The summed E-state index contributed by atoms with van der Waals surface area (Å²) in [6, 6.07) is 4.55. The third-order valence-corrected chi connectivity index (χ3v) is 3.66. The third-order valence-electron chi connectivity index (χ3n) is 3.66. The van der Waals surface area contributed by atoms with Crippen LogP contribution in [0, 0.1) is 5.82 Å². The molecule has 0 aromatic heterocycles. The number of hydrogen-bond acceptors (Lipinski definition) is 4. The SMILES string of the molecule is CNCC(=O)N1CCN(c2ccc(C(C)=O)cc2F)CC1. The normalized spacial score (nSPS) is 15.2. The highest BCUT2D eigenvalue weighted by atomic mass is 19.1. The highest BCUT2D eigenvalue weighted by Gasteiger charge is 2.22. The molecule has 0 bridgehead atoms. The van der Waals surface area contributed by atoms with Crippen molar-refractivity contribution in [3.8, 4) is 0 Å². The van der Waals surface area contributed by atoms with Gasteiger partial charge in [-0.25, -0.2) is 4.39 Å². The summed E-state index contributed by atoms with van der Waals surface area (Å²) >= 11 is 0. The minimum Gasteiger partial charge on any atom is -0.366 e. The van der Waals surface area contributed by atoms with E-state index >= 15 is 0 Å². The lowest BCUT2D eigenvalue weighted by Crippen LogP contribution is -2.50. The summed E-state index contributed by atoms with van der Waals surface area (Å²) in [6.45, 7) is 4.07. The first kappa shape index (κ1) is 15.4. The van der Waals surface area contributed by atoms with E-state index in [1.54, 1.807) is 24.1 Å². The number of anilines is 1.